The quantitative estimate of drug-likeness (QED) is 0.891. The zero-order chi connectivity index (χ0) is 13.1. The van der Waals surface area contributed by atoms with Gasteiger partial charge < -0.3 is 5.32 Å². The van der Waals surface area contributed by atoms with Crippen molar-refractivity contribution in [2.45, 2.75) is 18.9 Å². The minimum atomic E-state index is -0.706. The van der Waals surface area contributed by atoms with Gasteiger partial charge in [-0.1, -0.05) is 11.6 Å². The van der Waals surface area contributed by atoms with E-state index >= 15 is 0 Å². The molecule has 0 bridgehead atoms. The van der Waals surface area contributed by atoms with E-state index in [1.807, 2.05) is 0 Å². The van der Waals surface area contributed by atoms with Gasteiger partial charge in [0, 0.05) is 38.4 Å². The topological polar surface area (TPSA) is 46.2 Å². The molecule has 1 aromatic carbocycles. The first kappa shape index (κ1) is 14.0. The highest BCUT2D eigenvalue weighted by molar-refractivity contribution is 9.10. The van der Waals surface area contributed by atoms with Crippen LogP contribution in [0, 0.1) is 0 Å². The number of hydrogen-bond donors (Lipinski definition) is 1. The van der Waals surface area contributed by atoms with Crippen molar-refractivity contribution in [1.82, 2.24) is 5.32 Å². The molecule has 1 aliphatic rings. The predicted molar refractivity (Wildman–Crippen MR) is 77.5 cm³/mol. The third-order valence-corrected chi connectivity index (χ3v) is 5.52. The molecular formula is C12H13BrClNO2S. The molecule has 1 amide bonds. The molecule has 0 atom stereocenters. The van der Waals surface area contributed by atoms with E-state index < -0.39 is 10.8 Å². The third-order valence-electron chi connectivity index (χ3n) is 2.90. The van der Waals surface area contributed by atoms with E-state index in [2.05, 4.69) is 21.2 Å². The monoisotopic (exact) mass is 349 g/mol. The molecule has 1 heterocycles. The van der Waals surface area contributed by atoms with Crippen molar-refractivity contribution >= 4 is 44.2 Å². The van der Waals surface area contributed by atoms with E-state index in [-0.39, 0.29) is 11.9 Å². The lowest BCUT2D eigenvalue weighted by atomic mass is 10.1. The van der Waals surface area contributed by atoms with Crippen molar-refractivity contribution in [2.24, 2.45) is 0 Å². The summed E-state index contributed by atoms with van der Waals surface area (Å²) in [6.07, 6.45) is 1.56. The van der Waals surface area contributed by atoms with Gasteiger partial charge in [-0.05, 0) is 47.0 Å². The average Bonchev–Trinajstić information content (AvgIpc) is 2.35. The molecule has 0 aromatic heterocycles. The van der Waals surface area contributed by atoms with Gasteiger partial charge in [-0.2, -0.15) is 0 Å². The van der Waals surface area contributed by atoms with Gasteiger partial charge in [-0.15, -0.1) is 0 Å². The van der Waals surface area contributed by atoms with Gasteiger partial charge >= 0.3 is 0 Å². The Kier molecular flexibility index (Phi) is 4.81. The van der Waals surface area contributed by atoms with Gasteiger partial charge in [0.2, 0.25) is 0 Å². The molecule has 6 heteroatoms. The van der Waals surface area contributed by atoms with Crippen molar-refractivity contribution in [3.05, 3.63) is 33.3 Å². The van der Waals surface area contributed by atoms with Crippen molar-refractivity contribution in [1.29, 1.82) is 0 Å². The molecule has 1 saturated heterocycles. The smallest absolute Gasteiger partial charge is 0.251 e. The number of nitrogens with one attached hydrogen (secondary N) is 1. The maximum atomic E-state index is 12.0. The summed E-state index contributed by atoms with van der Waals surface area (Å²) in [4.78, 5) is 12.0. The normalized spacial score (nSPS) is 23.7. The fourth-order valence-corrected chi connectivity index (χ4v) is 3.57. The molecule has 18 heavy (non-hydrogen) atoms. The molecule has 0 saturated carbocycles. The fourth-order valence-electron chi connectivity index (χ4n) is 1.84. The summed E-state index contributed by atoms with van der Waals surface area (Å²) >= 11 is 9.24. The molecule has 0 aliphatic carbocycles. The second-order valence-corrected chi connectivity index (χ2v) is 7.18. The largest absolute Gasteiger partial charge is 0.349 e. The van der Waals surface area contributed by atoms with Crippen LogP contribution < -0.4 is 5.32 Å². The van der Waals surface area contributed by atoms with Gasteiger partial charge in [0.05, 0.1) is 5.02 Å². The van der Waals surface area contributed by atoms with Crippen LogP contribution in [-0.4, -0.2) is 27.7 Å². The first-order valence-electron chi connectivity index (χ1n) is 5.67. The zero-order valence-corrected chi connectivity index (χ0v) is 12.8. The van der Waals surface area contributed by atoms with E-state index in [9.17, 15) is 9.00 Å². The van der Waals surface area contributed by atoms with Crippen LogP contribution in [-0.2, 0) is 10.8 Å². The molecule has 1 aromatic rings. The number of rotatable bonds is 2. The predicted octanol–water partition coefficient (Wildman–Crippen LogP) is 2.74. The van der Waals surface area contributed by atoms with Crippen LogP contribution in [0.1, 0.15) is 23.2 Å². The number of halogens is 2. The van der Waals surface area contributed by atoms with Gasteiger partial charge in [-0.25, -0.2) is 0 Å². The summed E-state index contributed by atoms with van der Waals surface area (Å²) in [6.45, 7) is 0. The summed E-state index contributed by atoms with van der Waals surface area (Å²) in [7, 11) is -0.706. The summed E-state index contributed by atoms with van der Waals surface area (Å²) in [5.74, 6) is 1.22. The first-order valence-corrected chi connectivity index (χ1v) is 8.33. The average molecular weight is 351 g/mol. The van der Waals surface area contributed by atoms with Crippen LogP contribution in [0.15, 0.2) is 22.7 Å². The molecule has 1 fully saturated rings. The Morgan fingerprint density at radius 1 is 1.39 bits per heavy atom. The van der Waals surface area contributed by atoms with Crippen LogP contribution in [0.2, 0.25) is 5.02 Å². The summed E-state index contributed by atoms with van der Waals surface area (Å²) < 4.78 is 12.0. The number of benzene rings is 1. The van der Waals surface area contributed by atoms with Crippen molar-refractivity contribution in [2.75, 3.05) is 11.5 Å². The standard InChI is InChI=1S/C12H13BrClNO2S/c13-10-2-1-8(7-11(10)14)12(16)15-9-3-5-18(17)6-4-9/h1-2,7,9H,3-6H2,(H,15,16). The number of amides is 1. The van der Waals surface area contributed by atoms with E-state index in [1.165, 1.54) is 0 Å². The molecule has 98 valence electrons. The maximum Gasteiger partial charge on any atom is 0.251 e. The SMILES string of the molecule is O=C(NC1CCS(=O)CC1)c1ccc(Br)c(Cl)c1. The van der Waals surface area contributed by atoms with Crippen molar-refractivity contribution in [3.8, 4) is 0 Å². The van der Waals surface area contributed by atoms with E-state index in [0.29, 0.717) is 22.1 Å². The summed E-state index contributed by atoms with van der Waals surface area (Å²) in [5, 5.41) is 3.48. The second kappa shape index (κ2) is 6.17. The number of hydrogen-bond acceptors (Lipinski definition) is 2. The summed E-state index contributed by atoms with van der Waals surface area (Å²) in [5.41, 5.74) is 0.551. The molecule has 1 aliphatic heterocycles. The Bertz CT molecular complexity index is 485. The second-order valence-electron chi connectivity index (χ2n) is 4.22. The van der Waals surface area contributed by atoms with Crippen LogP contribution >= 0.6 is 27.5 Å². The van der Waals surface area contributed by atoms with Crippen LogP contribution in [0.4, 0.5) is 0 Å². The van der Waals surface area contributed by atoms with E-state index in [0.717, 1.165) is 17.3 Å². The van der Waals surface area contributed by atoms with E-state index in [1.54, 1.807) is 18.2 Å². The molecular weight excluding hydrogens is 338 g/mol. The summed E-state index contributed by atoms with van der Waals surface area (Å²) in [6, 6.07) is 5.25. The van der Waals surface area contributed by atoms with Gasteiger partial charge in [-0.3, -0.25) is 9.00 Å². The Labute approximate surface area is 122 Å². The lowest BCUT2D eigenvalue weighted by Crippen LogP contribution is -2.39. The fraction of sp³-hybridized carbons (Fsp3) is 0.417. The highest BCUT2D eigenvalue weighted by Gasteiger charge is 2.20. The first-order chi connectivity index (χ1) is 8.56. The Morgan fingerprint density at radius 2 is 2.06 bits per heavy atom. The van der Waals surface area contributed by atoms with Crippen molar-refractivity contribution in [3.63, 3.8) is 0 Å². The lowest BCUT2D eigenvalue weighted by Gasteiger charge is -2.22. The van der Waals surface area contributed by atoms with Crippen LogP contribution in [0.3, 0.4) is 0 Å². The third kappa shape index (κ3) is 3.56. The Morgan fingerprint density at radius 3 is 2.67 bits per heavy atom. The molecule has 0 unspecified atom stereocenters. The number of carbonyl (C=O) groups is 1. The molecule has 2 rings (SSSR count). The zero-order valence-electron chi connectivity index (χ0n) is 9.62. The van der Waals surface area contributed by atoms with Crippen molar-refractivity contribution < 1.29 is 9.00 Å². The van der Waals surface area contributed by atoms with Crippen LogP contribution in [0.5, 0.6) is 0 Å². The molecule has 0 spiro atoms. The molecule has 3 nitrogen and oxygen atoms in total. The Hall–Kier alpha value is -0.390. The van der Waals surface area contributed by atoms with Gasteiger partial charge in [0.1, 0.15) is 0 Å². The highest BCUT2D eigenvalue weighted by Crippen LogP contribution is 2.23. The van der Waals surface area contributed by atoms with Gasteiger partial charge in [0.15, 0.2) is 0 Å². The highest BCUT2D eigenvalue weighted by atomic mass is 79.9. The van der Waals surface area contributed by atoms with Gasteiger partial charge in [0.25, 0.3) is 5.91 Å². The minimum absolute atomic E-state index is 0.123. The number of carbonyl (C=O) groups excluding carboxylic acids is 1. The van der Waals surface area contributed by atoms with E-state index in [4.69, 9.17) is 11.6 Å². The molecule has 1 N–H and O–H groups in total. The maximum absolute atomic E-state index is 12.0. The lowest BCUT2D eigenvalue weighted by molar-refractivity contribution is 0.0934. The van der Waals surface area contributed by atoms with Crippen LogP contribution in [0.25, 0.3) is 0 Å². The molecule has 0 radical (unpaired) electrons. The Balaban J connectivity index is 1.99. The minimum Gasteiger partial charge on any atom is -0.349 e.